The van der Waals surface area contributed by atoms with Gasteiger partial charge in [0.15, 0.2) is 0 Å². The summed E-state index contributed by atoms with van der Waals surface area (Å²) in [6.45, 7) is 0.0889. The van der Waals surface area contributed by atoms with Crippen LogP contribution in [0.5, 0.6) is 0 Å². The molecule has 7 heteroatoms. The van der Waals surface area contributed by atoms with Gasteiger partial charge in [0, 0.05) is 6.54 Å². The predicted octanol–water partition coefficient (Wildman–Crippen LogP) is -1.32. The van der Waals surface area contributed by atoms with Crippen LogP contribution in [-0.2, 0) is 9.53 Å². The molecule has 0 aromatic rings. The van der Waals surface area contributed by atoms with Crippen LogP contribution in [0.2, 0.25) is 0 Å². The average molecular weight is 192 g/mol. The van der Waals surface area contributed by atoms with Crippen molar-refractivity contribution in [1.82, 2.24) is 5.32 Å². The van der Waals surface area contributed by atoms with Gasteiger partial charge in [0.25, 0.3) is 0 Å². The van der Waals surface area contributed by atoms with E-state index >= 15 is 0 Å². The molecule has 0 unspecified atom stereocenters. The first-order valence-corrected chi connectivity index (χ1v) is 3.57. The van der Waals surface area contributed by atoms with E-state index in [-0.39, 0.29) is 19.8 Å². The van der Waals surface area contributed by atoms with Crippen LogP contribution in [0.25, 0.3) is 0 Å². The number of nitrogens with two attached hydrogens (primary N) is 1. The second-order valence-electron chi connectivity index (χ2n) is 2.25. The van der Waals surface area contributed by atoms with E-state index in [1.807, 2.05) is 0 Å². The first-order chi connectivity index (χ1) is 6.04. The van der Waals surface area contributed by atoms with Crippen LogP contribution < -0.4 is 11.1 Å². The molecule has 5 N–H and O–H groups in total. The van der Waals surface area contributed by atoms with Gasteiger partial charge in [-0.15, -0.1) is 0 Å². The fourth-order valence-corrected chi connectivity index (χ4v) is 0.512. The van der Waals surface area contributed by atoms with Crippen LogP contribution in [0.3, 0.4) is 0 Å². The lowest BCUT2D eigenvalue weighted by molar-refractivity contribution is -0.140. The highest BCUT2D eigenvalue weighted by atomic mass is 16.5. The zero-order chi connectivity index (χ0) is 10.3. The van der Waals surface area contributed by atoms with Gasteiger partial charge in [0.1, 0.15) is 6.04 Å². The van der Waals surface area contributed by atoms with E-state index < -0.39 is 18.1 Å². The van der Waals surface area contributed by atoms with Crippen molar-refractivity contribution in [3.8, 4) is 0 Å². The lowest BCUT2D eigenvalue weighted by atomic mass is 10.3. The number of ether oxygens (including phenoxy) is 1. The molecule has 0 saturated carbocycles. The molecule has 0 heterocycles. The van der Waals surface area contributed by atoms with E-state index in [9.17, 15) is 9.59 Å². The number of carboxylic acids is 1. The maximum absolute atomic E-state index is 10.2. The van der Waals surface area contributed by atoms with Crippen LogP contribution in [0.15, 0.2) is 0 Å². The van der Waals surface area contributed by atoms with Gasteiger partial charge in [-0.3, -0.25) is 4.79 Å². The summed E-state index contributed by atoms with van der Waals surface area (Å²) in [4.78, 5) is 20.1. The Morgan fingerprint density at radius 3 is 2.54 bits per heavy atom. The molecule has 0 bridgehead atoms. The van der Waals surface area contributed by atoms with Crippen molar-refractivity contribution >= 4 is 12.1 Å². The van der Waals surface area contributed by atoms with Crippen LogP contribution in [0.1, 0.15) is 0 Å². The SMILES string of the molecule is N[C@@H](COCCNC(=O)O)C(=O)O. The van der Waals surface area contributed by atoms with Gasteiger partial charge >= 0.3 is 12.1 Å². The van der Waals surface area contributed by atoms with E-state index in [0.717, 1.165) is 0 Å². The first kappa shape index (κ1) is 11.7. The fraction of sp³-hybridized carbons (Fsp3) is 0.667. The smallest absolute Gasteiger partial charge is 0.404 e. The molecular weight excluding hydrogens is 180 g/mol. The Hall–Kier alpha value is -1.34. The summed E-state index contributed by atoms with van der Waals surface area (Å²) in [5, 5.41) is 18.5. The van der Waals surface area contributed by atoms with Crippen LogP contribution in [0, 0.1) is 0 Å². The molecule has 0 aromatic heterocycles. The number of aliphatic carboxylic acids is 1. The number of nitrogens with one attached hydrogen (secondary N) is 1. The number of carbonyl (C=O) groups is 2. The topological polar surface area (TPSA) is 122 Å². The average Bonchev–Trinajstić information content (AvgIpc) is 2.02. The summed E-state index contributed by atoms with van der Waals surface area (Å²) < 4.78 is 4.78. The highest BCUT2D eigenvalue weighted by Gasteiger charge is 2.10. The Morgan fingerprint density at radius 1 is 1.46 bits per heavy atom. The summed E-state index contributed by atoms with van der Waals surface area (Å²) in [6, 6.07) is -1.06. The quantitative estimate of drug-likeness (QED) is 0.387. The van der Waals surface area contributed by atoms with Crippen molar-refractivity contribution in [3.05, 3.63) is 0 Å². The molecule has 0 aromatic carbocycles. The third-order valence-corrected chi connectivity index (χ3v) is 1.14. The second kappa shape index (κ2) is 6.21. The molecule has 0 aliphatic carbocycles. The zero-order valence-corrected chi connectivity index (χ0v) is 6.90. The monoisotopic (exact) mass is 192 g/mol. The van der Waals surface area contributed by atoms with Gasteiger partial charge in [-0.25, -0.2) is 4.79 Å². The normalized spacial score (nSPS) is 12.1. The minimum atomic E-state index is -1.15. The minimum Gasteiger partial charge on any atom is -0.480 e. The Morgan fingerprint density at radius 2 is 2.08 bits per heavy atom. The zero-order valence-electron chi connectivity index (χ0n) is 6.90. The molecule has 76 valence electrons. The van der Waals surface area contributed by atoms with Crippen molar-refractivity contribution in [1.29, 1.82) is 0 Å². The Balaban J connectivity index is 3.26. The Labute approximate surface area is 74.5 Å². The van der Waals surface area contributed by atoms with Crippen LogP contribution in [0.4, 0.5) is 4.79 Å². The molecule has 0 aliphatic rings. The molecule has 0 spiro atoms. The second-order valence-corrected chi connectivity index (χ2v) is 2.25. The molecule has 13 heavy (non-hydrogen) atoms. The molecule has 1 atom stereocenters. The summed E-state index contributed by atoms with van der Waals surface area (Å²) in [6.07, 6.45) is -1.15. The number of hydrogen-bond acceptors (Lipinski definition) is 4. The third-order valence-electron chi connectivity index (χ3n) is 1.14. The lowest BCUT2D eigenvalue weighted by Crippen LogP contribution is -2.36. The minimum absolute atomic E-state index is 0.104. The van der Waals surface area contributed by atoms with Crippen LogP contribution in [-0.4, -0.2) is 48.1 Å². The van der Waals surface area contributed by atoms with Gasteiger partial charge in [-0.1, -0.05) is 0 Å². The van der Waals surface area contributed by atoms with Crippen molar-refractivity contribution in [2.45, 2.75) is 6.04 Å². The molecule has 0 radical (unpaired) electrons. The van der Waals surface area contributed by atoms with Crippen molar-refractivity contribution < 1.29 is 24.5 Å². The standard InChI is InChI=1S/C6H12N2O5/c7-4(5(9)10)3-13-2-1-8-6(11)12/h4,8H,1-3,7H2,(H,9,10)(H,11,12)/t4-/m0/s1. The summed E-state index contributed by atoms with van der Waals surface area (Å²) in [5.74, 6) is -1.15. The van der Waals surface area contributed by atoms with Crippen LogP contribution >= 0.6 is 0 Å². The summed E-state index contributed by atoms with van der Waals surface area (Å²) in [5.41, 5.74) is 5.10. The number of hydrogen-bond donors (Lipinski definition) is 4. The molecule has 0 saturated heterocycles. The van der Waals surface area contributed by atoms with E-state index in [1.165, 1.54) is 0 Å². The van der Waals surface area contributed by atoms with Crippen molar-refractivity contribution in [2.75, 3.05) is 19.8 Å². The van der Waals surface area contributed by atoms with E-state index in [4.69, 9.17) is 20.7 Å². The molecule has 1 amide bonds. The predicted molar refractivity (Wildman–Crippen MR) is 42.5 cm³/mol. The van der Waals surface area contributed by atoms with Crippen molar-refractivity contribution in [3.63, 3.8) is 0 Å². The summed E-state index contributed by atoms with van der Waals surface area (Å²) >= 11 is 0. The van der Waals surface area contributed by atoms with Gasteiger partial charge in [-0.2, -0.15) is 0 Å². The highest BCUT2D eigenvalue weighted by molar-refractivity contribution is 5.73. The molecule has 0 fully saturated rings. The van der Waals surface area contributed by atoms with Gasteiger partial charge in [0.05, 0.1) is 13.2 Å². The molecule has 7 nitrogen and oxygen atoms in total. The largest absolute Gasteiger partial charge is 0.480 e. The van der Waals surface area contributed by atoms with E-state index in [1.54, 1.807) is 0 Å². The highest BCUT2D eigenvalue weighted by Crippen LogP contribution is 1.81. The Kier molecular flexibility index (Phi) is 5.57. The molecular formula is C6H12N2O5. The third kappa shape index (κ3) is 7.04. The molecule has 0 rings (SSSR count). The van der Waals surface area contributed by atoms with Gasteiger partial charge in [0.2, 0.25) is 0 Å². The first-order valence-electron chi connectivity index (χ1n) is 3.57. The number of amides is 1. The number of rotatable bonds is 6. The maximum atomic E-state index is 10.2. The maximum Gasteiger partial charge on any atom is 0.404 e. The van der Waals surface area contributed by atoms with Gasteiger partial charge < -0.3 is 26.0 Å². The van der Waals surface area contributed by atoms with Gasteiger partial charge in [-0.05, 0) is 0 Å². The summed E-state index contributed by atoms with van der Waals surface area (Å²) in [7, 11) is 0. The lowest BCUT2D eigenvalue weighted by Gasteiger charge is -2.07. The van der Waals surface area contributed by atoms with Crippen molar-refractivity contribution in [2.24, 2.45) is 5.73 Å². The van der Waals surface area contributed by atoms with E-state index in [2.05, 4.69) is 5.32 Å². The number of carboxylic acid groups (broad SMARTS) is 2. The fourth-order valence-electron chi connectivity index (χ4n) is 0.512. The Bertz CT molecular complexity index is 184. The van der Waals surface area contributed by atoms with E-state index in [0.29, 0.717) is 0 Å². The molecule has 0 aliphatic heterocycles.